The molecule has 4 heteroatoms. The number of benzene rings is 9. The summed E-state index contributed by atoms with van der Waals surface area (Å²) in [6, 6.07) is 89.0. The van der Waals surface area contributed by atoms with Crippen molar-refractivity contribution >= 4 is 21.8 Å². The van der Waals surface area contributed by atoms with Gasteiger partial charge < -0.3 is 4.57 Å². The lowest BCUT2D eigenvalue weighted by Gasteiger charge is -2.20. The van der Waals surface area contributed by atoms with E-state index in [1.54, 1.807) is 0 Å². The van der Waals surface area contributed by atoms with Crippen LogP contribution < -0.4 is 0 Å². The lowest BCUT2D eigenvalue weighted by atomic mass is 9.85. The first-order chi connectivity index (χ1) is 39.8. The number of para-hydroxylation sites is 2. The monoisotopic (exact) mass is 1060 g/mol. The Hall–Kier alpha value is -9.77. The smallest absolute Gasteiger partial charge is 0.0704 e. The van der Waals surface area contributed by atoms with Crippen molar-refractivity contribution in [3.63, 3.8) is 0 Å². The van der Waals surface area contributed by atoms with Gasteiger partial charge in [0.1, 0.15) is 0 Å². The molecule has 0 unspecified atom stereocenters. The van der Waals surface area contributed by atoms with Gasteiger partial charge >= 0.3 is 0 Å². The second-order valence-electron chi connectivity index (χ2n) is 23.8. The van der Waals surface area contributed by atoms with Gasteiger partial charge in [-0.1, -0.05) is 193 Å². The van der Waals surface area contributed by atoms with Gasteiger partial charge in [0, 0.05) is 51.7 Å². The van der Waals surface area contributed by atoms with Crippen LogP contribution in [0, 0.1) is 6.92 Å². The van der Waals surface area contributed by atoms with Crippen LogP contribution in [0.1, 0.15) is 58.2 Å². The van der Waals surface area contributed by atoms with E-state index in [0.717, 1.165) is 106 Å². The molecule has 82 heavy (non-hydrogen) atoms. The Labute approximate surface area is 482 Å². The fraction of sp³-hybridized carbons (Fsp3) is 0.115. The number of rotatable bonds is 10. The van der Waals surface area contributed by atoms with Gasteiger partial charge in [0.2, 0.25) is 0 Å². The Morgan fingerprint density at radius 2 is 0.744 bits per heavy atom. The zero-order valence-electron chi connectivity index (χ0n) is 47.6. The highest BCUT2D eigenvalue weighted by atomic mass is 15.0. The number of nitrogens with zero attached hydrogens (tertiary/aromatic N) is 4. The Morgan fingerprint density at radius 1 is 0.280 bits per heavy atom. The Bertz CT molecular complexity index is 4340. The van der Waals surface area contributed by atoms with Crippen LogP contribution in [-0.4, -0.2) is 19.5 Å². The van der Waals surface area contributed by atoms with Crippen LogP contribution in [0.4, 0.5) is 0 Å². The molecule has 4 heterocycles. The highest BCUT2D eigenvalue weighted by molar-refractivity contribution is 6.13. The van der Waals surface area contributed by atoms with Gasteiger partial charge in [0.05, 0.1) is 28.1 Å². The number of aromatic nitrogens is 4. The second-order valence-corrected chi connectivity index (χ2v) is 23.8. The Morgan fingerprint density at radius 3 is 1.27 bits per heavy atom. The molecule has 13 rings (SSSR count). The predicted octanol–water partition coefficient (Wildman–Crippen LogP) is 20.9. The first kappa shape index (κ1) is 51.7. The van der Waals surface area contributed by atoms with Crippen molar-refractivity contribution in [1.29, 1.82) is 0 Å². The van der Waals surface area contributed by atoms with Crippen LogP contribution in [0.25, 0.3) is 128 Å². The lowest BCUT2D eigenvalue weighted by Crippen LogP contribution is -2.11. The SMILES string of the molecule is Cc1cc(-c2ccccn2)ccc1-c1cc2c(cc1-c1cc(-c3ccccc3-c3ccc(-c4cc(C(C)(C)C)ccn4)cc3)cc(-c3ccccc3-c3ccc(-c4cc(C(C)(C)C)ccn4)cc3)c1)c1ccccc1n2-c1ccccc1. The van der Waals surface area contributed by atoms with Crippen molar-refractivity contribution in [2.75, 3.05) is 0 Å². The van der Waals surface area contributed by atoms with Crippen molar-refractivity contribution in [1.82, 2.24) is 19.5 Å². The van der Waals surface area contributed by atoms with E-state index in [1.165, 1.54) is 38.5 Å². The summed E-state index contributed by atoms with van der Waals surface area (Å²) in [5, 5.41) is 2.40. The molecule has 0 aliphatic heterocycles. The molecule has 0 radical (unpaired) electrons. The van der Waals surface area contributed by atoms with Crippen molar-refractivity contribution < 1.29 is 0 Å². The number of aryl methyl sites for hydroxylation is 1. The summed E-state index contributed by atoms with van der Waals surface area (Å²) in [5.41, 5.74) is 27.1. The van der Waals surface area contributed by atoms with Gasteiger partial charge in [0.25, 0.3) is 0 Å². The van der Waals surface area contributed by atoms with Gasteiger partial charge in [-0.15, -0.1) is 0 Å². The standard InChI is InChI=1S/C78H64N4/c1-51-43-56(72-26-17-18-40-79-72)36-37-63(51)70-50-76-71(68-25-15-16-27-75(68)82(76)62-19-9-8-10-20-62)49-69(70)59-45-57(66-23-13-11-21-64(66)52-28-32-54(33-29-52)73-47-60(38-41-80-73)77(2,3)4)44-58(46-59)67-24-14-12-22-65(67)53-30-34-55(35-31-53)74-48-61(39-42-81-74)78(5,6)7/h8-50H,1-7H3. The largest absolute Gasteiger partial charge is 0.309 e. The highest BCUT2D eigenvalue weighted by Crippen LogP contribution is 2.46. The zero-order chi connectivity index (χ0) is 56.1. The van der Waals surface area contributed by atoms with Crippen molar-refractivity contribution in [2.24, 2.45) is 0 Å². The summed E-state index contributed by atoms with van der Waals surface area (Å²) < 4.78 is 2.43. The molecule has 0 amide bonds. The molecule has 0 spiro atoms. The van der Waals surface area contributed by atoms with Crippen molar-refractivity contribution in [3.05, 3.63) is 278 Å². The van der Waals surface area contributed by atoms with E-state index in [9.17, 15) is 0 Å². The minimum Gasteiger partial charge on any atom is -0.309 e. The third-order valence-electron chi connectivity index (χ3n) is 16.3. The minimum absolute atomic E-state index is 0.0169. The minimum atomic E-state index is 0.0169. The van der Waals surface area contributed by atoms with E-state index in [2.05, 4.69) is 290 Å². The topological polar surface area (TPSA) is 43.6 Å². The normalized spacial score (nSPS) is 11.8. The second kappa shape index (κ2) is 21.0. The van der Waals surface area contributed by atoms with E-state index >= 15 is 0 Å². The maximum absolute atomic E-state index is 4.82. The molecular formula is C78H64N4. The quantitative estimate of drug-likeness (QED) is 0.137. The molecule has 13 aromatic rings. The Kier molecular flexibility index (Phi) is 13.3. The Balaban J connectivity index is 1.03. The molecular weight excluding hydrogens is 993 g/mol. The van der Waals surface area contributed by atoms with Crippen molar-refractivity contribution in [2.45, 2.75) is 59.3 Å². The van der Waals surface area contributed by atoms with Crippen LogP contribution >= 0.6 is 0 Å². The fourth-order valence-electron chi connectivity index (χ4n) is 11.8. The molecule has 0 saturated carbocycles. The highest BCUT2D eigenvalue weighted by Gasteiger charge is 2.23. The van der Waals surface area contributed by atoms with Crippen LogP contribution in [0.5, 0.6) is 0 Å². The van der Waals surface area contributed by atoms with E-state index in [-0.39, 0.29) is 10.8 Å². The molecule has 0 bridgehead atoms. The van der Waals surface area contributed by atoms with Gasteiger partial charge in [-0.25, -0.2) is 0 Å². The summed E-state index contributed by atoms with van der Waals surface area (Å²) >= 11 is 0. The maximum atomic E-state index is 4.82. The molecule has 4 aromatic heterocycles. The third-order valence-corrected chi connectivity index (χ3v) is 16.3. The number of hydrogen-bond acceptors (Lipinski definition) is 3. The summed E-state index contributed by atoms with van der Waals surface area (Å²) in [6.45, 7) is 15.7. The number of hydrogen-bond donors (Lipinski definition) is 0. The molecule has 9 aromatic carbocycles. The average Bonchev–Trinajstić information content (AvgIpc) is 3.99. The fourth-order valence-corrected chi connectivity index (χ4v) is 11.8. The predicted molar refractivity (Wildman–Crippen MR) is 345 cm³/mol. The number of pyridine rings is 3. The van der Waals surface area contributed by atoms with Gasteiger partial charge in [-0.05, 0) is 192 Å². The maximum Gasteiger partial charge on any atom is 0.0704 e. The summed E-state index contributed by atoms with van der Waals surface area (Å²) in [4.78, 5) is 14.4. The van der Waals surface area contributed by atoms with Gasteiger partial charge in [-0.3, -0.25) is 15.0 Å². The van der Waals surface area contributed by atoms with Gasteiger partial charge in [-0.2, -0.15) is 0 Å². The van der Waals surface area contributed by atoms with E-state index in [4.69, 9.17) is 15.0 Å². The van der Waals surface area contributed by atoms with E-state index < -0.39 is 0 Å². The van der Waals surface area contributed by atoms with Crippen LogP contribution in [0.2, 0.25) is 0 Å². The number of fused-ring (bicyclic) bond motifs is 3. The first-order valence-electron chi connectivity index (χ1n) is 28.5. The summed E-state index contributed by atoms with van der Waals surface area (Å²) in [6.07, 6.45) is 5.74. The zero-order valence-corrected chi connectivity index (χ0v) is 47.6. The van der Waals surface area contributed by atoms with Crippen molar-refractivity contribution in [3.8, 4) is 106 Å². The summed E-state index contributed by atoms with van der Waals surface area (Å²) in [5.74, 6) is 0. The molecule has 0 fully saturated rings. The van der Waals surface area contributed by atoms with Crippen LogP contribution in [0.15, 0.2) is 261 Å². The van der Waals surface area contributed by atoms with Crippen LogP contribution in [-0.2, 0) is 10.8 Å². The molecule has 0 aliphatic rings. The van der Waals surface area contributed by atoms with E-state index in [0.29, 0.717) is 0 Å². The third kappa shape index (κ3) is 9.92. The molecule has 4 nitrogen and oxygen atoms in total. The lowest BCUT2D eigenvalue weighted by molar-refractivity contribution is 0.589. The molecule has 0 aliphatic carbocycles. The van der Waals surface area contributed by atoms with Gasteiger partial charge in [0.15, 0.2) is 0 Å². The molecule has 396 valence electrons. The summed E-state index contributed by atoms with van der Waals surface area (Å²) in [7, 11) is 0. The molecule has 0 N–H and O–H groups in total. The first-order valence-corrected chi connectivity index (χ1v) is 28.5. The molecule has 0 atom stereocenters. The average molecular weight is 1060 g/mol. The van der Waals surface area contributed by atoms with E-state index in [1.807, 2.05) is 24.7 Å². The molecule has 0 saturated heterocycles. The van der Waals surface area contributed by atoms with Crippen LogP contribution in [0.3, 0.4) is 0 Å².